The fraction of sp³-hybridized carbons (Fsp3) is 0.452. The van der Waals surface area contributed by atoms with Crippen LogP contribution in [-0.2, 0) is 23.9 Å². The second kappa shape index (κ2) is 13.7. The lowest BCUT2D eigenvalue weighted by atomic mass is 10.00. The Morgan fingerprint density at radius 2 is 1.60 bits per heavy atom. The van der Waals surface area contributed by atoms with Crippen molar-refractivity contribution in [2.45, 2.75) is 83.4 Å². The molecule has 0 saturated carbocycles. The van der Waals surface area contributed by atoms with Crippen LogP contribution in [0.1, 0.15) is 71.2 Å². The molecule has 2 aromatic rings. The first-order valence-corrected chi connectivity index (χ1v) is 14.0. The van der Waals surface area contributed by atoms with Crippen LogP contribution in [-0.4, -0.2) is 64.5 Å². The molecular formula is C31H38N4O10. The van der Waals surface area contributed by atoms with E-state index in [2.05, 4.69) is 16.0 Å². The lowest BCUT2D eigenvalue weighted by Crippen LogP contribution is -2.56. The number of aromatic hydroxyl groups is 1. The molecule has 0 saturated heterocycles. The summed E-state index contributed by atoms with van der Waals surface area (Å²) in [7, 11) is 1.30. The summed E-state index contributed by atoms with van der Waals surface area (Å²) in [5.74, 6) is -3.22. The van der Waals surface area contributed by atoms with Crippen LogP contribution < -0.4 is 25.4 Å². The summed E-state index contributed by atoms with van der Waals surface area (Å²) in [6, 6.07) is 5.35. The molecule has 2 heterocycles. The number of nitriles is 1. The van der Waals surface area contributed by atoms with Crippen molar-refractivity contribution in [3.8, 4) is 29.1 Å². The number of aliphatic hydroxyl groups excluding tert-OH is 1. The number of phenols is 1. The normalized spacial score (nSPS) is 20.5. The van der Waals surface area contributed by atoms with E-state index in [4.69, 9.17) is 18.9 Å². The number of methoxy groups -OCH3 is 1. The predicted octanol–water partition coefficient (Wildman–Crippen LogP) is 3.03. The minimum absolute atomic E-state index is 0.0259. The maximum Gasteiger partial charge on any atom is 0.408 e. The highest BCUT2D eigenvalue weighted by Crippen LogP contribution is 2.42. The zero-order valence-corrected chi connectivity index (χ0v) is 26.1. The first-order valence-electron chi connectivity index (χ1n) is 14.0. The van der Waals surface area contributed by atoms with Gasteiger partial charge in [-0.15, -0.1) is 0 Å². The summed E-state index contributed by atoms with van der Waals surface area (Å²) in [6.45, 7) is 9.69. The first-order chi connectivity index (χ1) is 20.9. The third kappa shape index (κ3) is 9.23. The molecule has 14 nitrogen and oxygen atoms in total. The molecular weight excluding hydrogens is 588 g/mol. The van der Waals surface area contributed by atoms with Gasteiger partial charge in [0.2, 0.25) is 17.6 Å². The van der Waals surface area contributed by atoms with Gasteiger partial charge in [0.05, 0.1) is 19.6 Å². The molecule has 0 spiro atoms. The Labute approximate surface area is 260 Å². The van der Waals surface area contributed by atoms with Gasteiger partial charge in [0.1, 0.15) is 35.1 Å². The van der Waals surface area contributed by atoms with E-state index in [0.717, 1.165) is 0 Å². The average molecular weight is 627 g/mol. The number of nitrogens with zero attached hydrogens (tertiary/aromatic N) is 1. The zero-order chi connectivity index (χ0) is 33.7. The van der Waals surface area contributed by atoms with Gasteiger partial charge >= 0.3 is 12.1 Å². The van der Waals surface area contributed by atoms with E-state index >= 15 is 0 Å². The molecule has 4 rings (SSSR count). The highest BCUT2D eigenvalue weighted by atomic mass is 16.6. The SMILES string of the molecule is COc1c(O)cc2cc1Oc1ccc(cc1)[C@@H](O)[C@@H](NC(=O)OC(C)(C)C)C(=O)N[C@@H](CC#N)C(=O)N[C@H]2C(=O)OC(C)(C)C. The van der Waals surface area contributed by atoms with Crippen molar-refractivity contribution in [1.29, 1.82) is 5.26 Å². The summed E-state index contributed by atoms with van der Waals surface area (Å²) in [5.41, 5.74) is -1.70. The van der Waals surface area contributed by atoms with E-state index in [1.54, 1.807) is 47.6 Å². The number of hydrogen-bond donors (Lipinski definition) is 5. The summed E-state index contributed by atoms with van der Waals surface area (Å²) in [5, 5.41) is 38.7. The number of ether oxygens (including phenoxy) is 4. The van der Waals surface area contributed by atoms with E-state index < -0.39 is 71.5 Å². The summed E-state index contributed by atoms with van der Waals surface area (Å²) < 4.78 is 22.0. The van der Waals surface area contributed by atoms with Crippen LogP contribution in [0.25, 0.3) is 0 Å². The quantitative estimate of drug-likeness (QED) is 0.312. The molecule has 45 heavy (non-hydrogen) atoms. The number of fused-ring (bicyclic) bond motifs is 9. The van der Waals surface area contributed by atoms with Crippen LogP contribution in [0.3, 0.4) is 0 Å². The van der Waals surface area contributed by atoms with Crippen molar-refractivity contribution in [3.05, 3.63) is 47.5 Å². The van der Waals surface area contributed by atoms with Gasteiger partial charge < -0.3 is 45.1 Å². The van der Waals surface area contributed by atoms with Crippen LogP contribution in [0.5, 0.6) is 23.0 Å². The van der Waals surface area contributed by atoms with Crippen molar-refractivity contribution in [1.82, 2.24) is 16.0 Å². The van der Waals surface area contributed by atoms with Crippen LogP contribution >= 0.6 is 0 Å². The minimum atomic E-state index is -1.68. The molecule has 2 aliphatic heterocycles. The molecule has 14 heteroatoms. The van der Waals surface area contributed by atoms with Gasteiger partial charge in [0, 0.05) is 0 Å². The van der Waals surface area contributed by atoms with Crippen LogP contribution in [0, 0.1) is 11.3 Å². The number of esters is 1. The molecule has 2 aromatic carbocycles. The number of carbonyl (C=O) groups excluding carboxylic acids is 4. The van der Waals surface area contributed by atoms with E-state index in [1.807, 2.05) is 0 Å². The Balaban J connectivity index is 2.18. The van der Waals surface area contributed by atoms with Crippen LogP contribution in [0.2, 0.25) is 0 Å². The molecule has 2 aliphatic rings. The molecule has 0 unspecified atom stereocenters. The summed E-state index contributed by atoms with van der Waals surface area (Å²) >= 11 is 0. The fourth-order valence-electron chi connectivity index (χ4n) is 4.27. The number of carbonyl (C=O) groups is 4. The number of nitrogens with one attached hydrogen (secondary N) is 3. The Morgan fingerprint density at radius 3 is 2.16 bits per heavy atom. The lowest BCUT2D eigenvalue weighted by Gasteiger charge is -2.29. The number of phenolic OH excluding ortho intramolecular Hbond substituents is 1. The second-order valence-corrected chi connectivity index (χ2v) is 12.2. The number of rotatable bonds is 4. The maximum absolute atomic E-state index is 13.5. The van der Waals surface area contributed by atoms with Gasteiger partial charge in [-0.05, 0) is 76.9 Å². The van der Waals surface area contributed by atoms with Gasteiger partial charge in [-0.2, -0.15) is 5.26 Å². The number of hydrogen-bond acceptors (Lipinski definition) is 11. The minimum Gasteiger partial charge on any atom is -0.504 e. The monoisotopic (exact) mass is 626 g/mol. The van der Waals surface area contributed by atoms with Gasteiger partial charge in [-0.1, -0.05) is 12.1 Å². The molecule has 3 amide bonds. The van der Waals surface area contributed by atoms with Gasteiger partial charge in [-0.25, -0.2) is 9.59 Å². The summed E-state index contributed by atoms with van der Waals surface area (Å²) in [4.78, 5) is 53.1. The van der Waals surface area contributed by atoms with Crippen molar-refractivity contribution >= 4 is 23.9 Å². The molecule has 5 N–H and O–H groups in total. The zero-order valence-electron chi connectivity index (χ0n) is 26.1. The Hall–Kier alpha value is -5.03. The molecule has 0 radical (unpaired) electrons. The van der Waals surface area contributed by atoms with Gasteiger partial charge in [0.15, 0.2) is 17.5 Å². The van der Waals surface area contributed by atoms with E-state index in [0.29, 0.717) is 0 Å². The largest absolute Gasteiger partial charge is 0.504 e. The fourth-order valence-corrected chi connectivity index (χ4v) is 4.27. The second-order valence-electron chi connectivity index (χ2n) is 12.2. The van der Waals surface area contributed by atoms with Crippen molar-refractivity contribution in [2.24, 2.45) is 0 Å². The third-order valence-corrected chi connectivity index (χ3v) is 6.17. The first kappa shape index (κ1) is 34.5. The van der Waals surface area contributed by atoms with E-state index in [1.165, 1.54) is 43.5 Å². The van der Waals surface area contributed by atoms with Crippen molar-refractivity contribution in [3.63, 3.8) is 0 Å². The molecule has 242 valence electrons. The molecule has 0 aromatic heterocycles. The number of aliphatic hydroxyl groups is 1. The summed E-state index contributed by atoms with van der Waals surface area (Å²) in [6.07, 6.45) is -3.22. The highest BCUT2D eigenvalue weighted by molar-refractivity contribution is 5.94. The number of amides is 3. The molecule has 0 fully saturated rings. The van der Waals surface area contributed by atoms with Crippen molar-refractivity contribution in [2.75, 3.05) is 7.11 Å². The van der Waals surface area contributed by atoms with Crippen LogP contribution in [0.4, 0.5) is 4.79 Å². The van der Waals surface area contributed by atoms with Gasteiger partial charge in [-0.3, -0.25) is 9.59 Å². The third-order valence-electron chi connectivity index (χ3n) is 6.17. The molecule has 0 aliphatic carbocycles. The smallest absolute Gasteiger partial charge is 0.408 e. The highest BCUT2D eigenvalue weighted by Gasteiger charge is 2.37. The standard InChI is InChI=1S/C31H38N4O10/c1-30(2,3)44-28(40)22-17-14-20(36)25(42-7)21(15-17)43-18-10-8-16(9-11-18)24(37)23(35-29(41)45-31(4,5)6)27(39)33-19(12-13-32)26(38)34-22/h8-11,14-15,19,22-24,36-37H,12H2,1-7H3,(H,33,39)(H,34,38)(H,35,41)/t19-,22+,23+,24+/m0/s1. The average Bonchev–Trinajstić information content (AvgIpc) is 2.91. The molecule has 4 bridgehead atoms. The number of benzene rings is 2. The van der Waals surface area contributed by atoms with Crippen LogP contribution in [0.15, 0.2) is 36.4 Å². The Bertz CT molecular complexity index is 1470. The van der Waals surface area contributed by atoms with E-state index in [-0.39, 0.29) is 28.4 Å². The predicted molar refractivity (Wildman–Crippen MR) is 158 cm³/mol. The molecule has 4 atom stereocenters. The van der Waals surface area contributed by atoms with Gasteiger partial charge in [0.25, 0.3) is 0 Å². The maximum atomic E-state index is 13.5. The van der Waals surface area contributed by atoms with E-state index in [9.17, 15) is 34.7 Å². The van der Waals surface area contributed by atoms with Crippen molar-refractivity contribution < 1.29 is 48.3 Å². The Kier molecular flexibility index (Phi) is 10.5. The topological polar surface area (TPSA) is 206 Å². The number of alkyl carbamates (subject to hydrolysis) is 1. The lowest BCUT2D eigenvalue weighted by molar-refractivity contribution is -0.159. The Morgan fingerprint density at radius 1 is 0.978 bits per heavy atom.